The van der Waals surface area contributed by atoms with E-state index in [0.717, 1.165) is 6.08 Å². The van der Waals surface area contributed by atoms with Gasteiger partial charge in [0, 0.05) is 6.08 Å². The van der Waals surface area contributed by atoms with E-state index in [0.29, 0.717) is 0 Å². The summed E-state index contributed by atoms with van der Waals surface area (Å²) >= 11 is 0. The third-order valence-corrected chi connectivity index (χ3v) is 0.368. The first-order chi connectivity index (χ1) is 2.81. The van der Waals surface area contributed by atoms with Gasteiger partial charge in [-0.05, 0) is 0 Å². The summed E-state index contributed by atoms with van der Waals surface area (Å²) in [4.78, 5) is 9.84. The molecular formula is C4H12N2O2. The Morgan fingerprint density at radius 3 is 2.00 bits per heavy atom. The zero-order chi connectivity index (χ0) is 4.99. The quantitative estimate of drug-likeness (QED) is 0.392. The molecule has 0 aromatic carbocycles. The molecule has 0 unspecified atom stereocenters. The standard InChI is InChI=1S/C4H6O2.2H3N/c1-3-4(5)6-2;;/h3H,1H2,2H3;2*1H3. The Balaban J connectivity index is -0.000000125. The Labute approximate surface area is 48.7 Å². The van der Waals surface area contributed by atoms with Crippen LogP contribution in [0.25, 0.3) is 0 Å². The van der Waals surface area contributed by atoms with Gasteiger partial charge in [0.05, 0.1) is 7.11 Å². The second kappa shape index (κ2) is 9.46. The van der Waals surface area contributed by atoms with Crippen molar-refractivity contribution < 1.29 is 9.53 Å². The highest BCUT2D eigenvalue weighted by Crippen LogP contribution is 1.67. The average molecular weight is 120 g/mol. The molecule has 0 aromatic rings. The first-order valence-corrected chi connectivity index (χ1v) is 1.51. The van der Waals surface area contributed by atoms with E-state index in [1.54, 1.807) is 0 Å². The second-order valence-electron chi connectivity index (χ2n) is 0.727. The van der Waals surface area contributed by atoms with Crippen LogP contribution in [0.15, 0.2) is 12.7 Å². The van der Waals surface area contributed by atoms with Gasteiger partial charge in [0.2, 0.25) is 0 Å². The van der Waals surface area contributed by atoms with Gasteiger partial charge in [-0.3, -0.25) is 0 Å². The maximum Gasteiger partial charge on any atom is 0.329 e. The highest BCUT2D eigenvalue weighted by atomic mass is 16.5. The smallest absolute Gasteiger partial charge is 0.329 e. The predicted octanol–water partition coefficient (Wildman–Crippen LogP) is 0.669. The maximum absolute atomic E-state index is 9.84. The van der Waals surface area contributed by atoms with Crippen LogP contribution < -0.4 is 12.3 Å². The highest BCUT2D eigenvalue weighted by molar-refractivity contribution is 5.80. The Hall–Kier alpha value is -0.870. The summed E-state index contributed by atoms with van der Waals surface area (Å²) in [5, 5.41) is 0. The molecule has 6 N–H and O–H groups in total. The molecular weight excluding hydrogens is 108 g/mol. The van der Waals surface area contributed by atoms with E-state index in [1.807, 2.05) is 0 Å². The molecule has 0 aliphatic heterocycles. The van der Waals surface area contributed by atoms with Gasteiger partial charge < -0.3 is 17.0 Å². The molecule has 0 amide bonds. The number of carbonyl (C=O) groups excluding carboxylic acids is 1. The van der Waals surface area contributed by atoms with E-state index in [9.17, 15) is 4.79 Å². The minimum atomic E-state index is -0.394. The molecule has 50 valence electrons. The summed E-state index contributed by atoms with van der Waals surface area (Å²) in [6, 6.07) is 0. The number of rotatable bonds is 1. The Morgan fingerprint density at radius 1 is 1.62 bits per heavy atom. The fourth-order valence-corrected chi connectivity index (χ4v) is 0.0833. The molecule has 0 spiro atoms. The van der Waals surface area contributed by atoms with Crippen LogP contribution >= 0.6 is 0 Å². The number of hydrogen-bond acceptors (Lipinski definition) is 4. The summed E-state index contributed by atoms with van der Waals surface area (Å²) in [6.07, 6.45) is 1.11. The van der Waals surface area contributed by atoms with E-state index in [4.69, 9.17) is 0 Å². The Morgan fingerprint density at radius 2 is 2.00 bits per heavy atom. The molecule has 4 heteroatoms. The Kier molecular flexibility index (Phi) is 18.6. The SMILES string of the molecule is C=CC(=O)OC.N.N. The van der Waals surface area contributed by atoms with Crippen molar-refractivity contribution in [2.45, 2.75) is 0 Å². The van der Waals surface area contributed by atoms with E-state index in [2.05, 4.69) is 11.3 Å². The summed E-state index contributed by atoms with van der Waals surface area (Å²) in [5.74, 6) is -0.394. The van der Waals surface area contributed by atoms with E-state index in [1.165, 1.54) is 7.11 Å². The fraction of sp³-hybridized carbons (Fsp3) is 0.250. The van der Waals surface area contributed by atoms with Crippen LogP contribution in [0.2, 0.25) is 0 Å². The Bertz CT molecular complexity index is 72.4. The van der Waals surface area contributed by atoms with Gasteiger partial charge >= 0.3 is 5.97 Å². The van der Waals surface area contributed by atoms with Crippen LogP contribution in [0.5, 0.6) is 0 Å². The molecule has 0 aromatic heterocycles. The lowest BCUT2D eigenvalue weighted by Crippen LogP contribution is -1.91. The third kappa shape index (κ3) is 8.93. The number of esters is 1. The van der Waals surface area contributed by atoms with Gasteiger partial charge in [-0.25, -0.2) is 4.79 Å². The van der Waals surface area contributed by atoms with Crippen LogP contribution in [0, 0.1) is 0 Å². The van der Waals surface area contributed by atoms with Crippen molar-refractivity contribution in [3.05, 3.63) is 12.7 Å². The van der Waals surface area contributed by atoms with Gasteiger partial charge in [-0.15, -0.1) is 0 Å². The molecule has 0 heterocycles. The molecule has 0 saturated carbocycles. The van der Waals surface area contributed by atoms with Crippen LogP contribution in [0.4, 0.5) is 0 Å². The third-order valence-electron chi connectivity index (χ3n) is 0.368. The summed E-state index contributed by atoms with van der Waals surface area (Å²) in [6.45, 7) is 3.16. The summed E-state index contributed by atoms with van der Waals surface area (Å²) in [5.41, 5.74) is 0. The predicted molar refractivity (Wildman–Crippen MR) is 32.3 cm³/mol. The highest BCUT2D eigenvalue weighted by Gasteiger charge is 1.81. The lowest BCUT2D eigenvalue weighted by atomic mass is 10.7. The van der Waals surface area contributed by atoms with Crippen LogP contribution in [-0.4, -0.2) is 13.1 Å². The van der Waals surface area contributed by atoms with Gasteiger partial charge in [0.1, 0.15) is 0 Å². The van der Waals surface area contributed by atoms with Crippen molar-refractivity contribution in [1.82, 2.24) is 12.3 Å². The molecule has 0 rings (SSSR count). The lowest BCUT2D eigenvalue weighted by Gasteiger charge is -1.83. The van der Waals surface area contributed by atoms with E-state index < -0.39 is 5.97 Å². The minimum Gasteiger partial charge on any atom is -0.466 e. The number of hydrogen-bond donors (Lipinski definition) is 2. The number of methoxy groups -OCH3 is 1. The van der Waals surface area contributed by atoms with Gasteiger partial charge in [0.15, 0.2) is 0 Å². The van der Waals surface area contributed by atoms with Crippen molar-refractivity contribution in [3.8, 4) is 0 Å². The maximum atomic E-state index is 9.84. The van der Waals surface area contributed by atoms with Crippen LogP contribution in [-0.2, 0) is 9.53 Å². The van der Waals surface area contributed by atoms with E-state index >= 15 is 0 Å². The zero-order valence-corrected chi connectivity index (χ0v) is 5.02. The van der Waals surface area contributed by atoms with Gasteiger partial charge in [-0.2, -0.15) is 0 Å². The second-order valence-corrected chi connectivity index (χ2v) is 0.727. The molecule has 0 fully saturated rings. The van der Waals surface area contributed by atoms with Crippen molar-refractivity contribution in [1.29, 1.82) is 0 Å². The fourth-order valence-electron chi connectivity index (χ4n) is 0.0833. The van der Waals surface area contributed by atoms with Gasteiger partial charge in [0.25, 0.3) is 0 Å². The molecule has 0 bridgehead atoms. The molecule has 0 atom stereocenters. The zero-order valence-electron chi connectivity index (χ0n) is 5.02. The average Bonchev–Trinajstić information content (AvgIpc) is 1.65. The van der Waals surface area contributed by atoms with Crippen molar-refractivity contribution >= 4 is 5.97 Å². The topological polar surface area (TPSA) is 96.3 Å². The van der Waals surface area contributed by atoms with Crippen LogP contribution in [0.3, 0.4) is 0 Å². The molecule has 0 saturated heterocycles. The summed E-state index contributed by atoms with van der Waals surface area (Å²) < 4.78 is 4.14. The molecule has 4 nitrogen and oxygen atoms in total. The first kappa shape index (κ1) is 15.7. The monoisotopic (exact) mass is 120 g/mol. The first-order valence-electron chi connectivity index (χ1n) is 1.51. The molecule has 0 aliphatic carbocycles. The van der Waals surface area contributed by atoms with Crippen molar-refractivity contribution in [2.75, 3.05) is 7.11 Å². The van der Waals surface area contributed by atoms with Crippen molar-refractivity contribution in [3.63, 3.8) is 0 Å². The number of carbonyl (C=O) groups is 1. The van der Waals surface area contributed by atoms with Crippen molar-refractivity contribution in [2.24, 2.45) is 0 Å². The normalized spacial score (nSPS) is 5.12. The minimum absolute atomic E-state index is 0. The summed E-state index contributed by atoms with van der Waals surface area (Å²) in [7, 11) is 1.31. The van der Waals surface area contributed by atoms with E-state index in [-0.39, 0.29) is 12.3 Å². The lowest BCUT2D eigenvalue weighted by molar-refractivity contribution is -0.134. The molecule has 8 heavy (non-hydrogen) atoms. The number of ether oxygens (including phenoxy) is 1. The van der Waals surface area contributed by atoms with Gasteiger partial charge in [-0.1, -0.05) is 6.58 Å². The molecule has 0 aliphatic rings. The van der Waals surface area contributed by atoms with Crippen LogP contribution in [0.1, 0.15) is 0 Å². The largest absolute Gasteiger partial charge is 0.466 e. The molecule has 0 radical (unpaired) electrons.